The zero-order chi connectivity index (χ0) is 24.4. The van der Waals surface area contributed by atoms with Gasteiger partial charge in [0.1, 0.15) is 5.75 Å². The number of nitrogens with zero attached hydrogens (tertiary/aromatic N) is 1. The summed E-state index contributed by atoms with van der Waals surface area (Å²) >= 11 is 0. The number of nitrogens with one attached hydrogen (secondary N) is 2. The van der Waals surface area contributed by atoms with Crippen LogP contribution in [0.5, 0.6) is 5.75 Å². The molecule has 0 aliphatic rings. The number of aromatic nitrogens is 2. The van der Waals surface area contributed by atoms with Gasteiger partial charge in [-0.3, -0.25) is 14.5 Å². The van der Waals surface area contributed by atoms with Gasteiger partial charge in [0.05, 0.1) is 30.9 Å². The van der Waals surface area contributed by atoms with Crippen LogP contribution in [0.2, 0.25) is 0 Å². The Bertz CT molecular complexity index is 1350. The van der Waals surface area contributed by atoms with Gasteiger partial charge in [-0.2, -0.15) is 0 Å². The summed E-state index contributed by atoms with van der Waals surface area (Å²) in [7, 11) is -1.73. The molecule has 3 aromatic rings. The summed E-state index contributed by atoms with van der Waals surface area (Å²) in [5.41, 5.74) is 4.62. The van der Waals surface area contributed by atoms with Gasteiger partial charge in [0, 0.05) is 22.4 Å². The Morgan fingerprint density at radius 3 is 2.36 bits per heavy atom. The number of methoxy groups -OCH3 is 1. The van der Waals surface area contributed by atoms with Crippen LogP contribution in [0.25, 0.3) is 23.3 Å². The van der Waals surface area contributed by atoms with Crippen molar-refractivity contribution in [3.8, 4) is 16.9 Å². The molecular weight excluding hydrogens is 438 g/mol. The third-order valence-corrected chi connectivity index (χ3v) is 5.63. The first-order chi connectivity index (χ1) is 15.4. The number of ether oxygens (including phenoxy) is 1. The predicted octanol–water partition coefficient (Wildman–Crippen LogP) is 4.59. The van der Waals surface area contributed by atoms with E-state index in [1.54, 1.807) is 19.2 Å². The molecule has 0 fully saturated rings. The van der Waals surface area contributed by atoms with E-state index in [1.807, 2.05) is 43.3 Å². The average Bonchev–Trinajstić information content (AvgIpc) is 2.71. The molecule has 0 unspecified atom stereocenters. The first kappa shape index (κ1) is 24.3. The summed E-state index contributed by atoms with van der Waals surface area (Å²) in [5, 5.41) is 0. The maximum absolute atomic E-state index is 12.6. The summed E-state index contributed by atoms with van der Waals surface area (Å²) in [6.07, 6.45) is 6.25. The quantitative estimate of drug-likeness (QED) is 0.552. The maximum Gasteiger partial charge on any atom is 0.256 e. The molecule has 2 aromatic heterocycles. The Kier molecular flexibility index (Phi) is 6.78. The molecule has 2 heterocycles. The van der Waals surface area contributed by atoms with Crippen LogP contribution in [0.3, 0.4) is 0 Å². The molecule has 0 bridgehead atoms. The zero-order valence-electron chi connectivity index (χ0n) is 19.7. The lowest BCUT2D eigenvalue weighted by Gasteiger charge is -2.24. The number of aryl methyl sites for hydroxylation is 1. The van der Waals surface area contributed by atoms with Crippen molar-refractivity contribution >= 4 is 27.9 Å². The molecule has 0 atom stereocenters. The van der Waals surface area contributed by atoms with Gasteiger partial charge in [0.2, 0.25) is 10.0 Å². The second kappa shape index (κ2) is 9.23. The standard InChI is InChI=1S/C25H29N3O4S/c1-16-7-12-21(24(29)27-16)18-13-17(23(32-5)22(14-18)25(2,3)4)8-9-19-10-11-20(15-26-19)28-33(6,30)31/h7-15,28H,1-6H3,(H,27,29)/b9-8+. The first-order valence-corrected chi connectivity index (χ1v) is 12.3. The number of hydrogen-bond donors (Lipinski definition) is 2. The van der Waals surface area contributed by atoms with Gasteiger partial charge in [0.15, 0.2) is 0 Å². The minimum atomic E-state index is -3.36. The first-order valence-electron chi connectivity index (χ1n) is 10.4. The van der Waals surface area contributed by atoms with Crippen molar-refractivity contribution in [2.45, 2.75) is 33.1 Å². The fourth-order valence-corrected chi connectivity index (χ4v) is 4.02. The van der Waals surface area contributed by atoms with Crippen molar-refractivity contribution < 1.29 is 13.2 Å². The van der Waals surface area contributed by atoms with Crippen LogP contribution in [0.1, 0.15) is 43.3 Å². The molecular formula is C25H29N3O4S. The van der Waals surface area contributed by atoms with Gasteiger partial charge in [-0.25, -0.2) is 8.42 Å². The molecule has 2 N–H and O–H groups in total. The van der Waals surface area contributed by atoms with E-state index in [9.17, 15) is 13.2 Å². The van der Waals surface area contributed by atoms with Crippen LogP contribution in [0.4, 0.5) is 5.69 Å². The predicted molar refractivity (Wildman–Crippen MR) is 134 cm³/mol. The Morgan fingerprint density at radius 1 is 1.09 bits per heavy atom. The van der Waals surface area contributed by atoms with Crippen molar-refractivity contribution in [1.29, 1.82) is 0 Å². The summed E-state index contributed by atoms with van der Waals surface area (Å²) < 4.78 is 30.9. The molecule has 1 aromatic carbocycles. The molecule has 0 saturated heterocycles. The van der Waals surface area contributed by atoms with E-state index in [4.69, 9.17) is 4.74 Å². The van der Waals surface area contributed by atoms with Gasteiger partial charge in [-0.05, 0) is 66.5 Å². The SMILES string of the molecule is COc1c(/C=C/c2ccc(NS(C)(=O)=O)cn2)cc(-c2ccc(C)[nH]c2=O)cc1C(C)(C)C. The minimum Gasteiger partial charge on any atom is -0.496 e. The molecule has 0 aliphatic heterocycles. The smallest absolute Gasteiger partial charge is 0.256 e. The number of sulfonamides is 1. The number of benzene rings is 1. The van der Waals surface area contributed by atoms with Crippen molar-refractivity contribution in [2.75, 3.05) is 18.1 Å². The van der Waals surface area contributed by atoms with Crippen LogP contribution in [0, 0.1) is 6.92 Å². The lowest BCUT2D eigenvalue weighted by Crippen LogP contribution is -2.15. The van der Waals surface area contributed by atoms with Crippen LogP contribution in [-0.4, -0.2) is 31.8 Å². The maximum atomic E-state index is 12.6. The van der Waals surface area contributed by atoms with E-state index in [2.05, 4.69) is 35.5 Å². The molecule has 0 radical (unpaired) electrons. The van der Waals surface area contributed by atoms with E-state index in [1.165, 1.54) is 6.20 Å². The fourth-order valence-electron chi connectivity index (χ4n) is 3.47. The Labute approximate surface area is 194 Å². The Morgan fingerprint density at radius 2 is 1.82 bits per heavy atom. The minimum absolute atomic E-state index is 0.148. The summed E-state index contributed by atoms with van der Waals surface area (Å²) in [6, 6.07) is 11.0. The van der Waals surface area contributed by atoms with Gasteiger partial charge in [-0.15, -0.1) is 0 Å². The van der Waals surface area contributed by atoms with Crippen LogP contribution in [-0.2, 0) is 15.4 Å². The van der Waals surface area contributed by atoms with Gasteiger partial charge < -0.3 is 9.72 Å². The topological polar surface area (TPSA) is 101 Å². The number of rotatable bonds is 6. The van der Waals surface area contributed by atoms with Gasteiger partial charge >= 0.3 is 0 Å². The highest BCUT2D eigenvalue weighted by Gasteiger charge is 2.22. The highest BCUT2D eigenvalue weighted by atomic mass is 32.2. The van der Waals surface area contributed by atoms with E-state index in [0.29, 0.717) is 16.9 Å². The number of hydrogen-bond acceptors (Lipinski definition) is 5. The second-order valence-electron chi connectivity index (χ2n) is 8.96. The van der Waals surface area contributed by atoms with E-state index >= 15 is 0 Å². The zero-order valence-corrected chi connectivity index (χ0v) is 20.5. The van der Waals surface area contributed by atoms with Gasteiger partial charge in [-0.1, -0.05) is 20.8 Å². The Balaban J connectivity index is 2.09. The number of aromatic amines is 1. The Hall–Kier alpha value is -3.39. The molecule has 0 amide bonds. The largest absolute Gasteiger partial charge is 0.496 e. The highest BCUT2D eigenvalue weighted by Crippen LogP contribution is 2.38. The number of anilines is 1. The van der Waals surface area contributed by atoms with E-state index in [0.717, 1.165) is 34.4 Å². The van der Waals surface area contributed by atoms with Crippen LogP contribution < -0.4 is 15.0 Å². The second-order valence-corrected chi connectivity index (χ2v) is 10.7. The third-order valence-electron chi connectivity index (χ3n) is 5.02. The van der Waals surface area contributed by atoms with Crippen molar-refractivity contribution in [2.24, 2.45) is 0 Å². The van der Waals surface area contributed by atoms with Crippen LogP contribution in [0.15, 0.2) is 47.4 Å². The summed E-state index contributed by atoms with van der Waals surface area (Å²) in [4.78, 5) is 19.8. The van der Waals surface area contributed by atoms with E-state index in [-0.39, 0.29) is 11.0 Å². The van der Waals surface area contributed by atoms with Gasteiger partial charge in [0.25, 0.3) is 5.56 Å². The van der Waals surface area contributed by atoms with Crippen molar-refractivity contribution in [1.82, 2.24) is 9.97 Å². The highest BCUT2D eigenvalue weighted by molar-refractivity contribution is 7.92. The number of pyridine rings is 2. The molecule has 0 spiro atoms. The molecule has 0 aliphatic carbocycles. The monoisotopic (exact) mass is 467 g/mol. The normalized spacial score (nSPS) is 12.2. The average molecular weight is 468 g/mol. The lowest BCUT2D eigenvalue weighted by molar-refractivity contribution is 0.397. The van der Waals surface area contributed by atoms with E-state index < -0.39 is 10.0 Å². The molecule has 3 rings (SSSR count). The van der Waals surface area contributed by atoms with Crippen molar-refractivity contribution in [3.05, 3.63) is 75.5 Å². The summed E-state index contributed by atoms with van der Waals surface area (Å²) in [6.45, 7) is 8.13. The third kappa shape index (κ3) is 6.10. The fraction of sp³-hybridized carbons (Fsp3) is 0.280. The lowest BCUT2D eigenvalue weighted by atomic mass is 9.83. The molecule has 0 saturated carbocycles. The number of H-pyrrole nitrogens is 1. The molecule has 174 valence electrons. The summed E-state index contributed by atoms with van der Waals surface area (Å²) in [5.74, 6) is 0.724. The molecule has 7 nitrogen and oxygen atoms in total. The molecule has 33 heavy (non-hydrogen) atoms. The molecule has 8 heteroatoms. The van der Waals surface area contributed by atoms with Crippen LogP contribution >= 0.6 is 0 Å². The van der Waals surface area contributed by atoms with Crippen molar-refractivity contribution in [3.63, 3.8) is 0 Å².